The van der Waals surface area contributed by atoms with E-state index < -0.39 is 0 Å². The third kappa shape index (κ3) is 2.25. The first kappa shape index (κ1) is 11.1. The molecule has 0 saturated carbocycles. The molecule has 0 radical (unpaired) electrons. The number of thiophene rings is 1. The molecule has 2 unspecified atom stereocenters. The summed E-state index contributed by atoms with van der Waals surface area (Å²) in [6, 6.07) is 2.17. The van der Waals surface area contributed by atoms with Gasteiger partial charge in [0, 0.05) is 18.0 Å². The van der Waals surface area contributed by atoms with Gasteiger partial charge in [-0.15, -0.1) is 11.3 Å². The van der Waals surface area contributed by atoms with Crippen molar-refractivity contribution >= 4 is 11.3 Å². The highest BCUT2D eigenvalue weighted by Gasteiger charge is 2.32. The fourth-order valence-corrected chi connectivity index (χ4v) is 2.92. The van der Waals surface area contributed by atoms with Gasteiger partial charge in [-0.25, -0.2) is 0 Å². The van der Waals surface area contributed by atoms with Gasteiger partial charge in [0.15, 0.2) is 0 Å². The van der Waals surface area contributed by atoms with Crippen molar-refractivity contribution in [3.05, 3.63) is 21.9 Å². The van der Waals surface area contributed by atoms with E-state index in [4.69, 9.17) is 4.74 Å². The molecule has 2 heterocycles. The lowest BCUT2D eigenvalue weighted by atomic mass is 10.00. The molecule has 0 aromatic carbocycles. The van der Waals surface area contributed by atoms with Gasteiger partial charge in [-0.3, -0.25) is 0 Å². The number of nitrogens with one attached hydrogen (secondary N) is 1. The molecular weight excluding hydrogens is 206 g/mol. The summed E-state index contributed by atoms with van der Waals surface area (Å²) in [5, 5.41) is 5.62. The van der Waals surface area contributed by atoms with Gasteiger partial charge in [-0.1, -0.05) is 6.92 Å². The van der Waals surface area contributed by atoms with Crippen LogP contribution in [0.3, 0.4) is 0 Å². The molecule has 1 aromatic rings. The summed E-state index contributed by atoms with van der Waals surface area (Å²) >= 11 is 1.80. The Morgan fingerprint density at radius 2 is 2.47 bits per heavy atom. The van der Waals surface area contributed by atoms with E-state index in [1.54, 1.807) is 11.3 Å². The zero-order chi connectivity index (χ0) is 10.9. The lowest BCUT2D eigenvalue weighted by Gasteiger charge is -2.38. The second-order valence-corrected chi connectivity index (χ2v) is 5.46. The average molecular weight is 225 g/mol. The van der Waals surface area contributed by atoms with E-state index in [0.717, 1.165) is 19.5 Å². The highest BCUT2D eigenvalue weighted by molar-refractivity contribution is 7.10. The van der Waals surface area contributed by atoms with Crippen molar-refractivity contribution in [3.63, 3.8) is 0 Å². The van der Waals surface area contributed by atoms with Crippen LogP contribution in [0.25, 0.3) is 0 Å². The summed E-state index contributed by atoms with van der Waals surface area (Å²) in [5.41, 5.74) is 1.35. The maximum absolute atomic E-state index is 6.20. The minimum Gasteiger partial charge on any atom is -0.364 e. The van der Waals surface area contributed by atoms with Crippen LogP contribution >= 0.6 is 11.3 Å². The van der Waals surface area contributed by atoms with E-state index in [2.05, 4.69) is 37.5 Å². The fourth-order valence-electron chi connectivity index (χ4n) is 1.96. The predicted molar refractivity (Wildman–Crippen MR) is 64.4 cm³/mol. The normalized spacial score (nSPS) is 31.8. The molecular formula is C12H19NOS. The van der Waals surface area contributed by atoms with Crippen molar-refractivity contribution in [2.45, 2.75) is 38.9 Å². The minimum absolute atomic E-state index is 0.000648. The number of aryl methyl sites for hydroxylation is 1. The standard InChI is InChI=1S/C12H19NOS/c1-4-12(3)8-13-7-10(14-12)11-9(2)5-6-15-11/h5-6,10,13H,4,7-8H2,1-3H3. The Morgan fingerprint density at radius 1 is 1.67 bits per heavy atom. The second-order valence-electron chi connectivity index (χ2n) is 4.51. The van der Waals surface area contributed by atoms with Crippen LogP contribution in [-0.4, -0.2) is 18.7 Å². The Hall–Kier alpha value is -0.380. The summed E-state index contributed by atoms with van der Waals surface area (Å²) in [4.78, 5) is 1.38. The van der Waals surface area contributed by atoms with E-state index in [-0.39, 0.29) is 11.7 Å². The first-order valence-corrected chi connectivity index (χ1v) is 6.45. The molecule has 2 atom stereocenters. The van der Waals surface area contributed by atoms with Crippen molar-refractivity contribution in [3.8, 4) is 0 Å². The molecule has 1 fully saturated rings. The molecule has 0 bridgehead atoms. The van der Waals surface area contributed by atoms with Gasteiger partial charge in [-0.05, 0) is 37.3 Å². The average Bonchev–Trinajstić information content (AvgIpc) is 2.65. The Labute approximate surface area is 95.6 Å². The summed E-state index contributed by atoms with van der Waals surface area (Å²) in [5.74, 6) is 0. The van der Waals surface area contributed by atoms with Gasteiger partial charge < -0.3 is 10.1 Å². The van der Waals surface area contributed by atoms with Crippen LogP contribution in [0.1, 0.15) is 36.8 Å². The van der Waals surface area contributed by atoms with E-state index in [9.17, 15) is 0 Å². The molecule has 1 N–H and O–H groups in total. The van der Waals surface area contributed by atoms with E-state index in [1.807, 2.05) is 0 Å². The maximum Gasteiger partial charge on any atom is 0.105 e. The monoisotopic (exact) mass is 225 g/mol. The van der Waals surface area contributed by atoms with Gasteiger partial charge >= 0.3 is 0 Å². The molecule has 0 aliphatic carbocycles. The quantitative estimate of drug-likeness (QED) is 0.835. The van der Waals surface area contributed by atoms with Crippen LogP contribution in [0, 0.1) is 6.92 Å². The van der Waals surface area contributed by atoms with Crippen LogP contribution in [0.5, 0.6) is 0 Å². The van der Waals surface area contributed by atoms with Crippen LogP contribution in [0.15, 0.2) is 11.4 Å². The number of ether oxygens (including phenoxy) is 1. The van der Waals surface area contributed by atoms with Crippen molar-refractivity contribution in [2.24, 2.45) is 0 Å². The lowest BCUT2D eigenvalue weighted by Crippen LogP contribution is -2.48. The third-order valence-corrected chi connectivity index (χ3v) is 4.31. The van der Waals surface area contributed by atoms with Crippen molar-refractivity contribution < 1.29 is 4.74 Å². The SMILES string of the molecule is CCC1(C)CNCC(c2sccc2C)O1. The van der Waals surface area contributed by atoms with Crippen LogP contribution < -0.4 is 5.32 Å². The maximum atomic E-state index is 6.20. The molecule has 1 saturated heterocycles. The van der Waals surface area contributed by atoms with Gasteiger partial charge in [0.1, 0.15) is 6.10 Å². The van der Waals surface area contributed by atoms with E-state index in [0.29, 0.717) is 0 Å². The summed E-state index contributed by atoms with van der Waals surface area (Å²) in [7, 11) is 0. The van der Waals surface area contributed by atoms with Gasteiger partial charge in [-0.2, -0.15) is 0 Å². The Balaban J connectivity index is 2.15. The first-order valence-electron chi connectivity index (χ1n) is 5.57. The number of hydrogen-bond donors (Lipinski definition) is 1. The van der Waals surface area contributed by atoms with E-state index in [1.165, 1.54) is 10.4 Å². The minimum atomic E-state index is -0.000648. The largest absolute Gasteiger partial charge is 0.364 e. The number of hydrogen-bond acceptors (Lipinski definition) is 3. The predicted octanol–water partition coefficient (Wildman–Crippen LogP) is 2.89. The topological polar surface area (TPSA) is 21.3 Å². The van der Waals surface area contributed by atoms with Crippen LogP contribution in [-0.2, 0) is 4.74 Å². The Kier molecular flexibility index (Phi) is 3.14. The summed E-state index contributed by atoms with van der Waals surface area (Å²) in [6.45, 7) is 8.44. The molecule has 3 heteroatoms. The Morgan fingerprint density at radius 3 is 3.07 bits per heavy atom. The molecule has 2 rings (SSSR count). The molecule has 15 heavy (non-hydrogen) atoms. The van der Waals surface area contributed by atoms with Crippen molar-refractivity contribution in [1.82, 2.24) is 5.32 Å². The van der Waals surface area contributed by atoms with Gasteiger partial charge in [0.25, 0.3) is 0 Å². The van der Waals surface area contributed by atoms with Crippen LogP contribution in [0.4, 0.5) is 0 Å². The smallest absolute Gasteiger partial charge is 0.105 e. The van der Waals surface area contributed by atoms with Gasteiger partial charge in [0.2, 0.25) is 0 Å². The first-order chi connectivity index (χ1) is 7.14. The second kappa shape index (κ2) is 4.24. The molecule has 84 valence electrons. The van der Waals surface area contributed by atoms with E-state index >= 15 is 0 Å². The van der Waals surface area contributed by atoms with Crippen LogP contribution in [0.2, 0.25) is 0 Å². The highest BCUT2D eigenvalue weighted by Crippen LogP contribution is 2.33. The molecule has 2 nitrogen and oxygen atoms in total. The zero-order valence-corrected chi connectivity index (χ0v) is 10.5. The molecule has 0 amide bonds. The number of morpholine rings is 1. The molecule has 1 aromatic heterocycles. The summed E-state index contributed by atoms with van der Waals surface area (Å²) in [6.07, 6.45) is 1.30. The van der Waals surface area contributed by atoms with Crippen molar-refractivity contribution in [2.75, 3.05) is 13.1 Å². The fraction of sp³-hybridized carbons (Fsp3) is 0.667. The third-order valence-electron chi connectivity index (χ3n) is 3.20. The highest BCUT2D eigenvalue weighted by atomic mass is 32.1. The zero-order valence-electron chi connectivity index (χ0n) is 9.67. The number of rotatable bonds is 2. The van der Waals surface area contributed by atoms with Gasteiger partial charge in [0.05, 0.1) is 5.60 Å². The Bertz CT molecular complexity index is 336. The summed E-state index contributed by atoms with van der Waals surface area (Å²) < 4.78 is 6.20. The van der Waals surface area contributed by atoms with Crippen molar-refractivity contribution in [1.29, 1.82) is 0 Å². The molecule has 0 spiro atoms. The molecule has 1 aliphatic heterocycles. The lowest BCUT2D eigenvalue weighted by molar-refractivity contribution is -0.108. The molecule has 1 aliphatic rings.